The van der Waals surface area contributed by atoms with Crippen molar-refractivity contribution in [3.63, 3.8) is 0 Å². The predicted octanol–water partition coefficient (Wildman–Crippen LogP) is 4.70. The van der Waals surface area contributed by atoms with Gasteiger partial charge in [-0.3, -0.25) is 9.89 Å². The fraction of sp³-hybridized carbons (Fsp3) is 0.381. The third kappa shape index (κ3) is 3.97. The monoisotopic (exact) mass is 444 g/mol. The van der Waals surface area contributed by atoms with E-state index < -0.39 is 5.82 Å². The van der Waals surface area contributed by atoms with Crippen molar-refractivity contribution in [2.45, 2.75) is 40.2 Å². The molecule has 31 heavy (non-hydrogen) atoms. The summed E-state index contributed by atoms with van der Waals surface area (Å²) < 4.78 is 21.6. The van der Waals surface area contributed by atoms with Crippen LogP contribution in [0.4, 0.5) is 4.39 Å². The second-order valence-corrected chi connectivity index (χ2v) is 8.76. The van der Waals surface area contributed by atoms with E-state index in [9.17, 15) is 9.18 Å². The third-order valence-electron chi connectivity index (χ3n) is 5.12. The van der Waals surface area contributed by atoms with Crippen molar-refractivity contribution >= 4 is 39.6 Å². The van der Waals surface area contributed by atoms with E-state index in [1.54, 1.807) is 17.6 Å². The number of carbonyl (C=O) groups excluding carboxylic acids is 1. The maximum absolute atomic E-state index is 14.8. The first-order chi connectivity index (χ1) is 14.7. The van der Waals surface area contributed by atoms with E-state index in [4.69, 9.17) is 16.3 Å². The Kier molecular flexibility index (Phi) is 5.38. The fourth-order valence-corrected chi connectivity index (χ4v) is 3.75. The van der Waals surface area contributed by atoms with Gasteiger partial charge in [-0.1, -0.05) is 32.4 Å². The van der Waals surface area contributed by atoms with Crippen LogP contribution in [0.1, 0.15) is 40.2 Å². The number of fused-ring (bicyclic) bond motifs is 2. The van der Waals surface area contributed by atoms with Gasteiger partial charge in [0.25, 0.3) is 0 Å². The van der Waals surface area contributed by atoms with E-state index in [-0.39, 0.29) is 35.8 Å². The van der Waals surface area contributed by atoms with Crippen LogP contribution in [-0.4, -0.2) is 42.3 Å². The topological polar surface area (TPSA) is 98.6 Å². The molecule has 162 valence electrons. The highest BCUT2D eigenvalue weighted by atomic mass is 35.5. The minimum atomic E-state index is -0.462. The van der Waals surface area contributed by atoms with E-state index in [0.29, 0.717) is 33.2 Å². The predicted molar refractivity (Wildman–Crippen MR) is 115 cm³/mol. The summed E-state index contributed by atoms with van der Waals surface area (Å²) in [4.78, 5) is 25.4. The number of aromatic amines is 1. The normalized spacial score (nSPS) is 13.1. The average Bonchev–Trinajstić information content (AvgIpc) is 3.26. The number of hydrogen-bond donors (Lipinski definition) is 1. The second-order valence-electron chi connectivity index (χ2n) is 8.33. The summed E-state index contributed by atoms with van der Waals surface area (Å²) in [5.74, 6) is -0.514. The summed E-state index contributed by atoms with van der Waals surface area (Å²) in [6.07, 6.45) is 4.38. The molecule has 0 aliphatic rings. The van der Waals surface area contributed by atoms with Crippen LogP contribution >= 0.6 is 11.6 Å². The Balaban J connectivity index is 1.86. The van der Waals surface area contributed by atoms with Gasteiger partial charge < -0.3 is 9.30 Å². The van der Waals surface area contributed by atoms with Gasteiger partial charge in [0.15, 0.2) is 17.3 Å². The van der Waals surface area contributed by atoms with Gasteiger partial charge in [0, 0.05) is 18.6 Å². The molecule has 8 nitrogen and oxygen atoms in total. The molecule has 0 aliphatic carbocycles. The molecule has 0 fully saturated rings. The number of pyridine rings is 1. The molecule has 0 aliphatic heterocycles. The molecule has 4 rings (SSSR count). The molecule has 0 amide bonds. The van der Waals surface area contributed by atoms with Crippen LogP contribution in [0.5, 0.6) is 0 Å². The van der Waals surface area contributed by atoms with E-state index in [2.05, 4.69) is 25.1 Å². The van der Waals surface area contributed by atoms with Gasteiger partial charge in [0.05, 0.1) is 34.9 Å². The van der Waals surface area contributed by atoms with Crippen LogP contribution in [0.3, 0.4) is 0 Å². The Morgan fingerprint density at radius 1 is 1.29 bits per heavy atom. The maximum Gasteiger partial charge on any atom is 0.307 e. The fourth-order valence-electron chi connectivity index (χ4n) is 3.59. The van der Waals surface area contributed by atoms with Gasteiger partial charge in [-0.2, -0.15) is 5.10 Å². The summed E-state index contributed by atoms with van der Waals surface area (Å²) >= 11 is 6.08. The van der Waals surface area contributed by atoms with Gasteiger partial charge in [-0.05, 0) is 18.4 Å². The molecule has 0 radical (unpaired) electrons. The summed E-state index contributed by atoms with van der Waals surface area (Å²) in [6.45, 7) is 7.99. The largest absolute Gasteiger partial charge is 0.466 e. The second kappa shape index (κ2) is 7.88. The molecule has 0 spiro atoms. The lowest BCUT2D eigenvalue weighted by Gasteiger charge is -2.31. The van der Waals surface area contributed by atoms with Gasteiger partial charge in [-0.25, -0.2) is 19.3 Å². The number of ether oxygens (including phenoxy) is 1. The first-order valence-electron chi connectivity index (χ1n) is 9.87. The Morgan fingerprint density at radius 2 is 2.06 bits per heavy atom. The Labute approximate surface area is 182 Å². The lowest BCUT2D eigenvalue weighted by Crippen LogP contribution is -2.27. The highest BCUT2D eigenvalue weighted by Crippen LogP contribution is 2.37. The number of nitrogens with zero attached hydrogens (tertiary/aromatic N) is 5. The third-order valence-corrected chi connectivity index (χ3v) is 5.33. The van der Waals surface area contributed by atoms with Gasteiger partial charge >= 0.3 is 5.97 Å². The first-order valence-corrected chi connectivity index (χ1v) is 10.3. The van der Waals surface area contributed by atoms with Crippen molar-refractivity contribution in [3.8, 4) is 11.5 Å². The molecule has 0 saturated heterocycles. The number of H-pyrrole nitrogens is 1. The van der Waals surface area contributed by atoms with Crippen molar-refractivity contribution in [2.24, 2.45) is 5.41 Å². The molecular weight excluding hydrogens is 423 g/mol. The highest BCUT2D eigenvalue weighted by molar-refractivity contribution is 6.31. The Hall–Kier alpha value is -3.07. The molecule has 4 heterocycles. The minimum Gasteiger partial charge on any atom is -0.466 e. The Bertz CT molecular complexity index is 1280. The minimum absolute atomic E-state index is 0.0881. The number of rotatable bonds is 5. The summed E-state index contributed by atoms with van der Waals surface area (Å²) in [7, 11) is 0. The zero-order valence-electron chi connectivity index (χ0n) is 17.6. The SMILES string of the molecule is CCOC(=O)CC(n1cc(F)c2cnc(-c3n[nH]c4ncc(Cl)cc34)nc21)C(C)(C)C. The van der Waals surface area contributed by atoms with Crippen LogP contribution in [0.25, 0.3) is 33.6 Å². The molecule has 4 aromatic heterocycles. The van der Waals surface area contributed by atoms with Gasteiger partial charge in [0.1, 0.15) is 11.3 Å². The smallest absolute Gasteiger partial charge is 0.307 e. The lowest BCUT2D eigenvalue weighted by molar-refractivity contribution is -0.144. The summed E-state index contributed by atoms with van der Waals surface area (Å²) in [5, 5.41) is 8.47. The van der Waals surface area contributed by atoms with Crippen LogP contribution in [0.15, 0.2) is 24.7 Å². The van der Waals surface area contributed by atoms with Crippen molar-refractivity contribution in [1.82, 2.24) is 29.7 Å². The highest BCUT2D eigenvalue weighted by Gasteiger charge is 2.31. The standard InChI is InChI=1S/C21H22ClFN6O2/c1-5-31-16(30)7-15(21(2,3)4)29-10-14(23)13-9-25-19(26-20(13)29)17-12-6-11(22)8-24-18(12)28-27-17/h6,8-10,15H,5,7H2,1-4H3,(H,24,27,28). The molecule has 0 bridgehead atoms. The maximum atomic E-state index is 14.8. The zero-order valence-corrected chi connectivity index (χ0v) is 18.4. The Morgan fingerprint density at radius 3 is 2.77 bits per heavy atom. The quantitative estimate of drug-likeness (QED) is 0.448. The van der Waals surface area contributed by atoms with Crippen molar-refractivity contribution in [2.75, 3.05) is 6.61 Å². The van der Waals surface area contributed by atoms with E-state index >= 15 is 0 Å². The molecule has 1 N–H and O–H groups in total. The van der Waals surface area contributed by atoms with E-state index in [1.807, 2.05) is 20.8 Å². The number of esters is 1. The number of halogens is 2. The van der Waals surface area contributed by atoms with Crippen molar-refractivity contribution in [3.05, 3.63) is 35.5 Å². The van der Waals surface area contributed by atoms with Gasteiger partial charge in [0.2, 0.25) is 0 Å². The molecular formula is C21H22ClFN6O2. The van der Waals surface area contributed by atoms with Crippen LogP contribution < -0.4 is 0 Å². The number of hydrogen-bond acceptors (Lipinski definition) is 6. The molecule has 0 aromatic carbocycles. The van der Waals surface area contributed by atoms with E-state index in [1.165, 1.54) is 18.6 Å². The number of nitrogens with one attached hydrogen (secondary N) is 1. The number of aromatic nitrogens is 6. The number of carbonyl (C=O) groups is 1. The zero-order chi connectivity index (χ0) is 22.3. The molecule has 1 unspecified atom stereocenters. The van der Waals surface area contributed by atoms with Crippen LogP contribution in [-0.2, 0) is 9.53 Å². The van der Waals surface area contributed by atoms with Crippen LogP contribution in [0, 0.1) is 11.2 Å². The summed E-state index contributed by atoms with van der Waals surface area (Å²) in [5.41, 5.74) is 1.00. The summed E-state index contributed by atoms with van der Waals surface area (Å²) in [6, 6.07) is 1.34. The molecule has 10 heteroatoms. The molecule has 4 aromatic rings. The van der Waals surface area contributed by atoms with Gasteiger partial charge in [-0.15, -0.1) is 0 Å². The molecule has 1 atom stereocenters. The first kappa shape index (κ1) is 21.2. The average molecular weight is 445 g/mol. The van der Waals surface area contributed by atoms with Crippen molar-refractivity contribution in [1.29, 1.82) is 0 Å². The van der Waals surface area contributed by atoms with E-state index in [0.717, 1.165) is 0 Å². The van der Waals surface area contributed by atoms with Crippen molar-refractivity contribution < 1.29 is 13.9 Å². The van der Waals surface area contributed by atoms with Crippen LogP contribution in [0.2, 0.25) is 5.02 Å². The lowest BCUT2D eigenvalue weighted by atomic mass is 9.84. The molecule has 0 saturated carbocycles.